The summed E-state index contributed by atoms with van der Waals surface area (Å²) in [5.41, 5.74) is 11.3. The van der Waals surface area contributed by atoms with Crippen LogP contribution in [0.3, 0.4) is 0 Å². The predicted molar refractivity (Wildman–Crippen MR) is 70.5 cm³/mol. The van der Waals surface area contributed by atoms with Crippen molar-refractivity contribution >= 4 is 11.9 Å². The normalized spacial score (nSPS) is 33.5. The monoisotopic (exact) mass is 245 g/mol. The predicted octanol–water partition coefficient (Wildman–Crippen LogP) is 1.60. The number of fused-ring (bicyclic) bond motifs is 2. The van der Waals surface area contributed by atoms with Gasteiger partial charge in [0.05, 0.1) is 0 Å². The average Bonchev–Trinajstić information content (AvgIpc) is 2.84. The van der Waals surface area contributed by atoms with E-state index in [2.05, 4.69) is 41.0 Å². The fourth-order valence-corrected chi connectivity index (χ4v) is 3.71. The van der Waals surface area contributed by atoms with Gasteiger partial charge in [0.15, 0.2) is 0 Å². The number of anilines is 2. The van der Waals surface area contributed by atoms with Gasteiger partial charge in [-0.1, -0.05) is 26.0 Å². The third-order valence-corrected chi connectivity index (χ3v) is 4.30. The van der Waals surface area contributed by atoms with E-state index in [4.69, 9.17) is 11.5 Å². The van der Waals surface area contributed by atoms with Crippen LogP contribution in [-0.2, 0) is 0 Å². The molecule has 2 aliphatic rings. The van der Waals surface area contributed by atoms with Gasteiger partial charge in [0, 0.05) is 5.92 Å². The Morgan fingerprint density at radius 2 is 1.78 bits per heavy atom. The Balaban J connectivity index is 1.93. The molecule has 3 rings (SSSR count). The summed E-state index contributed by atoms with van der Waals surface area (Å²) in [5.74, 6) is 4.12. The lowest BCUT2D eigenvalue weighted by Crippen LogP contribution is -2.18. The van der Waals surface area contributed by atoms with E-state index < -0.39 is 0 Å². The smallest absolute Gasteiger partial charge is 0.225 e. The zero-order chi connectivity index (χ0) is 12.9. The second-order valence-electron chi connectivity index (χ2n) is 5.70. The number of allylic oxidation sites excluding steroid dienone is 2. The van der Waals surface area contributed by atoms with Crippen molar-refractivity contribution in [2.75, 3.05) is 11.5 Å². The summed E-state index contributed by atoms with van der Waals surface area (Å²) in [6.07, 6.45) is 5.77. The van der Waals surface area contributed by atoms with E-state index in [1.165, 1.54) is 0 Å². The molecule has 1 fully saturated rings. The number of aromatic nitrogens is 3. The Labute approximate surface area is 107 Å². The van der Waals surface area contributed by atoms with Gasteiger partial charge in [-0.2, -0.15) is 15.0 Å². The molecule has 4 unspecified atom stereocenters. The summed E-state index contributed by atoms with van der Waals surface area (Å²) in [4.78, 5) is 12.4. The van der Waals surface area contributed by atoms with E-state index in [0.717, 1.165) is 12.2 Å². The molecule has 0 spiro atoms. The molecule has 18 heavy (non-hydrogen) atoms. The molecule has 5 heteroatoms. The first-order chi connectivity index (χ1) is 8.56. The summed E-state index contributed by atoms with van der Waals surface area (Å²) < 4.78 is 0. The molecule has 4 atom stereocenters. The van der Waals surface area contributed by atoms with Gasteiger partial charge in [-0.25, -0.2) is 0 Å². The number of nitrogens with two attached hydrogens (primary N) is 2. The maximum Gasteiger partial charge on any atom is 0.225 e. The van der Waals surface area contributed by atoms with Crippen LogP contribution >= 0.6 is 0 Å². The average molecular weight is 245 g/mol. The third-order valence-electron chi connectivity index (χ3n) is 4.30. The Morgan fingerprint density at radius 3 is 2.33 bits per heavy atom. The lowest BCUT2D eigenvalue weighted by atomic mass is 9.83. The number of hydrogen-bond donors (Lipinski definition) is 2. The highest BCUT2D eigenvalue weighted by Gasteiger charge is 2.47. The van der Waals surface area contributed by atoms with Crippen molar-refractivity contribution in [1.29, 1.82) is 0 Å². The second-order valence-corrected chi connectivity index (χ2v) is 5.70. The highest BCUT2D eigenvalue weighted by atomic mass is 15.1. The minimum Gasteiger partial charge on any atom is -0.368 e. The van der Waals surface area contributed by atoms with Crippen molar-refractivity contribution in [3.63, 3.8) is 0 Å². The standard InChI is InChI=1S/C13H19N5/c1-6(2)10-7-3-4-8(10)9(5-7)11-16-12(14)18-13(15)17-11/h3-4,6-10H,5H2,1-2H3,(H4,14,15,16,17,18). The highest BCUT2D eigenvalue weighted by Crippen LogP contribution is 2.54. The molecule has 5 nitrogen and oxygen atoms in total. The van der Waals surface area contributed by atoms with Crippen molar-refractivity contribution in [3.05, 3.63) is 18.0 Å². The lowest BCUT2D eigenvalue weighted by Gasteiger charge is -2.22. The third kappa shape index (κ3) is 1.65. The minimum absolute atomic E-state index is 0.227. The first-order valence-electron chi connectivity index (χ1n) is 6.51. The largest absolute Gasteiger partial charge is 0.368 e. The highest BCUT2D eigenvalue weighted by molar-refractivity contribution is 5.30. The van der Waals surface area contributed by atoms with E-state index in [1.54, 1.807) is 0 Å². The van der Waals surface area contributed by atoms with Gasteiger partial charge in [0.1, 0.15) is 5.82 Å². The summed E-state index contributed by atoms with van der Waals surface area (Å²) >= 11 is 0. The SMILES string of the molecule is CC(C)C1C2C=CC1C(c1nc(N)nc(N)n1)C2. The quantitative estimate of drug-likeness (QED) is 0.772. The van der Waals surface area contributed by atoms with Gasteiger partial charge in [0.25, 0.3) is 0 Å². The van der Waals surface area contributed by atoms with Crippen LogP contribution in [0.25, 0.3) is 0 Å². The van der Waals surface area contributed by atoms with Crippen LogP contribution < -0.4 is 11.5 Å². The number of rotatable bonds is 2. The van der Waals surface area contributed by atoms with Gasteiger partial charge >= 0.3 is 0 Å². The zero-order valence-corrected chi connectivity index (χ0v) is 10.7. The zero-order valence-electron chi connectivity index (χ0n) is 10.7. The van der Waals surface area contributed by atoms with E-state index in [0.29, 0.717) is 29.6 Å². The summed E-state index contributed by atoms with van der Waals surface area (Å²) in [5, 5.41) is 0. The lowest BCUT2D eigenvalue weighted by molar-refractivity contribution is 0.308. The van der Waals surface area contributed by atoms with Crippen molar-refractivity contribution in [3.8, 4) is 0 Å². The maximum atomic E-state index is 5.66. The Hall–Kier alpha value is -1.65. The molecule has 0 aromatic carbocycles. The van der Waals surface area contributed by atoms with E-state index in [9.17, 15) is 0 Å². The maximum absolute atomic E-state index is 5.66. The molecule has 96 valence electrons. The molecule has 0 radical (unpaired) electrons. The Kier molecular flexibility index (Phi) is 2.50. The number of nitrogen functional groups attached to an aromatic ring is 2. The molecule has 4 N–H and O–H groups in total. The molecular weight excluding hydrogens is 226 g/mol. The van der Waals surface area contributed by atoms with Gasteiger partial charge in [-0.3, -0.25) is 0 Å². The van der Waals surface area contributed by atoms with E-state index in [-0.39, 0.29) is 11.9 Å². The summed E-state index contributed by atoms with van der Waals surface area (Å²) in [7, 11) is 0. The summed E-state index contributed by atoms with van der Waals surface area (Å²) in [6, 6.07) is 0. The van der Waals surface area contributed by atoms with Gasteiger partial charge in [-0.05, 0) is 30.1 Å². The van der Waals surface area contributed by atoms with Crippen molar-refractivity contribution in [2.45, 2.75) is 26.2 Å². The Bertz CT molecular complexity index is 476. The topological polar surface area (TPSA) is 90.7 Å². The molecule has 0 saturated heterocycles. The van der Waals surface area contributed by atoms with Crippen LogP contribution in [0.1, 0.15) is 32.0 Å². The van der Waals surface area contributed by atoms with E-state index >= 15 is 0 Å². The molecule has 1 aromatic rings. The van der Waals surface area contributed by atoms with Gasteiger partial charge in [0.2, 0.25) is 11.9 Å². The van der Waals surface area contributed by atoms with E-state index in [1.807, 2.05) is 0 Å². The van der Waals surface area contributed by atoms with Crippen LogP contribution in [0.15, 0.2) is 12.2 Å². The van der Waals surface area contributed by atoms with Crippen molar-refractivity contribution in [1.82, 2.24) is 15.0 Å². The van der Waals surface area contributed by atoms with Crippen molar-refractivity contribution < 1.29 is 0 Å². The number of hydrogen-bond acceptors (Lipinski definition) is 5. The number of nitrogens with zero attached hydrogens (tertiary/aromatic N) is 3. The van der Waals surface area contributed by atoms with Crippen LogP contribution in [0, 0.1) is 23.7 Å². The molecule has 0 amide bonds. The molecule has 1 saturated carbocycles. The second kappa shape index (κ2) is 3.93. The first kappa shape index (κ1) is 11.4. The first-order valence-corrected chi connectivity index (χ1v) is 6.51. The van der Waals surface area contributed by atoms with Crippen molar-refractivity contribution in [2.24, 2.45) is 23.7 Å². The molecule has 1 heterocycles. The molecule has 0 aliphatic heterocycles. The molecule has 2 bridgehead atoms. The summed E-state index contributed by atoms with van der Waals surface area (Å²) in [6.45, 7) is 4.58. The fourth-order valence-electron chi connectivity index (χ4n) is 3.71. The molecule has 1 aromatic heterocycles. The van der Waals surface area contributed by atoms with Gasteiger partial charge in [-0.15, -0.1) is 0 Å². The molecular formula is C13H19N5. The molecule has 2 aliphatic carbocycles. The minimum atomic E-state index is 0.227. The van der Waals surface area contributed by atoms with Crippen LogP contribution in [-0.4, -0.2) is 15.0 Å². The van der Waals surface area contributed by atoms with Crippen LogP contribution in [0.2, 0.25) is 0 Å². The van der Waals surface area contributed by atoms with Crippen LogP contribution in [0.5, 0.6) is 0 Å². The van der Waals surface area contributed by atoms with Crippen LogP contribution in [0.4, 0.5) is 11.9 Å². The van der Waals surface area contributed by atoms with Gasteiger partial charge < -0.3 is 11.5 Å². The Morgan fingerprint density at radius 1 is 1.11 bits per heavy atom. The fraction of sp³-hybridized carbons (Fsp3) is 0.615.